The van der Waals surface area contributed by atoms with Gasteiger partial charge in [-0.2, -0.15) is 0 Å². The van der Waals surface area contributed by atoms with Crippen LogP contribution in [0.5, 0.6) is 5.75 Å². The van der Waals surface area contributed by atoms with E-state index in [1.165, 1.54) is 0 Å². The predicted molar refractivity (Wildman–Crippen MR) is 82.9 cm³/mol. The van der Waals surface area contributed by atoms with Crippen LogP contribution < -0.4 is 9.64 Å². The molecule has 1 aromatic carbocycles. The number of hydrogen-bond donors (Lipinski definition) is 0. The Balaban J connectivity index is 1.55. The number of rotatable bonds is 5. The molecule has 0 bridgehead atoms. The fourth-order valence-electron chi connectivity index (χ4n) is 2.31. The van der Waals surface area contributed by atoms with Crippen LogP contribution in [0.4, 0.5) is 5.69 Å². The SMILES string of the molecule is O=C(CCN1C(=O)COc2ccccc21)OCc1ccccn1. The molecule has 3 rings (SSSR count). The monoisotopic (exact) mass is 312 g/mol. The first-order chi connectivity index (χ1) is 11.2. The molecule has 2 aromatic rings. The summed E-state index contributed by atoms with van der Waals surface area (Å²) < 4.78 is 10.5. The molecule has 0 unspecified atom stereocenters. The molecule has 1 aliphatic heterocycles. The van der Waals surface area contributed by atoms with Gasteiger partial charge >= 0.3 is 5.97 Å². The van der Waals surface area contributed by atoms with E-state index < -0.39 is 0 Å². The van der Waals surface area contributed by atoms with Crippen molar-refractivity contribution in [2.45, 2.75) is 13.0 Å². The van der Waals surface area contributed by atoms with E-state index in [0.717, 1.165) is 0 Å². The molecule has 6 heteroatoms. The third-order valence-corrected chi connectivity index (χ3v) is 3.45. The zero-order chi connectivity index (χ0) is 16.1. The maximum Gasteiger partial charge on any atom is 0.307 e. The summed E-state index contributed by atoms with van der Waals surface area (Å²) in [7, 11) is 0. The van der Waals surface area contributed by atoms with Gasteiger partial charge in [-0.3, -0.25) is 14.6 Å². The van der Waals surface area contributed by atoms with Gasteiger partial charge in [-0.15, -0.1) is 0 Å². The van der Waals surface area contributed by atoms with Crippen molar-refractivity contribution < 1.29 is 19.1 Å². The van der Waals surface area contributed by atoms with Gasteiger partial charge < -0.3 is 14.4 Å². The average molecular weight is 312 g/mol. The van der Waals surface area contributed by atoms with Crippen molar-refractivity contribution in [2.24, 2.45) is 0 Å². The van der Waals surface area contributed by atoms with Crippen molar-refractivity contribution in [3.05, 3.63) is 54.4 Å². The van der Waals surface area contributed by atoms with Crippen LogP contribution in [-0.4, -0.2) is 30.0 Å². The van der Waals surface area contributed by atoms with Crippen LogP contribution in [0.15, 0.2) is 48.7 Å². The Labute approximate surface area is 133 Å². The number of esters is 1. The van der Waals surface area contributed by atoms with Crippen LogP contribution in [0.2, 0.25) is 0 Å². The van der Waals surface area contributed by atoms with E-state index in [1.54, 1.807) is 35.4 Å². The largest absolute Gasteiger partial charge is 0.482 e. The highest BCUT2D eigenvalue weighted by atomic mass is 16.5. The third kappa shape index (κ3) is 3.66. The number of pyridine rings is 1. The van der Waals surface area contributed by atoms with Crippen LogP contribution >= 0.6 is 0 Å². The van der Waals surface area contributed by atoms with Crippen LogP contribution in [0.25, 0.3) is 0 Å². The van der Waals surface area contributed by atoms with E-state index in [-0.39, 0.29) is 38.1 Å². The lowest BCUT2D eigenvalue weighted by molar-refractivity contribution is -0.144. The summed E-state index contributed by atoms with van der Waals surface area (Å²) in [5, 5.41) is 0. The number of benzene rings is 1. The zero-order valence-corrected chi connectivity index (χ0v) is 12.5. The summed E-state index contributed by atoms with van der Waals surface area (Å²) in [6, 6.07) is 12.7. The van der Waals surface area contributed by atoms with E-state index >= 15 is 0 Å². The standard InChI is InChI=1S/C17H16N2O4/c20-16-12-22-15-7-2-1-6-14(15)19(16)10-8-17(21)23-11-13-5-3-4-9-18-13/h1-7,9H,8,10-12H2. The maximum atomic E-state index is 12.0. The smallest absolute Gasteiger partial charge is 0.307 e. The fraction of sp³-hybridized carbons (Fsp3) is 0.235. The van der Waals surface area contributed by atoms with Gasteiger partial charge in [0, 0.05) is 12.7 Å². The number of fused-ring (bicyclic) bond motifs is 1. The molecule has 118 valence electrons. The number of ether oxygens (including phenoxy) is 2. The lowest BCUT2D eigenvalue weighted by Gasteiger charge is -2.28. The minimum absolute atomic E-state index is 0.0139. The molecule has 0 N–H and O–H groups in total. The molecule has 0 atom stereocenters. The number of para-hydroxylation sites is 2. The summed E-state index contributed by atoms with van der Waals surface area (Å²) in [6.45, 7) is 0.383. The van der Waals surface area contributed by atoms with Crippen LogP contribution in [0.3, 0.4) is 0 Å². The minimum atomic E-state index is -0.368. The Morgan fingerprint density at radius 1 is 1.22 bits per heavy atom. The van der Waals surface area contributed by atoms with Crippen molar-refractivity contribution in [1.82, 2.24) is 4.98 Å². The Kier molecular flexibility index (Phi) is 4.52. The zero-order valence-electron chi connectivity index (χ0n) is 12.5. The number of anilines is 1. The van der Waals surface area contributed by atoms with Crippen molar-refractivity contribution in [3.63, 3.8) is 0 Å². The molecule has 1 amide bonds. The number of carbonyl (C=O) groups excluding carboxylic acids is 2. The molecule has 6 nitrogen and oxygen atoms in total. The van der Waals surface area contributed by atoms with E-state index in [0.29, 0.717) is 17.1 Å². The number of aromatic nitrogens is 1. The van der Waals surface area contributed by atoms with Gasteiger partial charge in [0.05, 0.1) is 17.8 Å². The Bertz CT molecular complexity index is 703. The first-order valence-electron chi connectivity index (χ1n) is 7.32. The van der Waals surface area contributed by atoms with Crippen molar-refractivity contribution in [3.8, 4) is 5.75 Å². The number of amides is 1. The number of carbonyl (C=O) groups is 2. The first kappa shape index (κ1) is 15.0. The molecule has 23 heavy (non-hydrogen) atoms. The third-order valence-electron chi connectivity index (χ3n) is 3.45. The second-order valence-electron chi connectivity index (χ2n) is 5.03. The summed E-state index contributed by atoms with van der Waals surface area (Å²) >= 11 is 0. The molecule has 1 aliphatic rings. The van der Waals surface area contributed by atoms with Gasteiger partial charge in [-0.05, 0) is 24.3 Å². The second-order valence-corrected chi connectivity index (χ2v) is 5.03. The van der Waals surface area contributed by atoms with Gasteiger partial charge in [-0.1, -0.05) is 18.2 Å². The van der Waals surface area contributed by atoms with Gasteiger partial charge in [0.15, 0.2) is 6.61 Å². The lowest BCUT2D eigenvalue weighted by atomic mass is 10.2. The molecule has 0 radical (unpaired) electrons. The Hall–Kier alpha value is -2.89. The highest BCUT2D eigenvalue weighted by Gasteiger charge is 2.25. The fourth-order valence-corrected chi connectivity index (χ4v) is 2.31. The lowest BCUT2D eigenvalue weighted by Crippen LogP contribution is -2.40. The van der Waals surface area contributed by atoms with E-state index in [9.17, 15) is 9.59 Å². The highest BCUT2D eigenvalue weighted by molar-refractivity contribution is 5.98. The van der Waals surface area contributed by atoms with Gasteiger partial charge in [-0.25, -0.2) is 0 Å². The normalized spacial score (nSPS) is 13.2. The summed E-state index contributed by atoms with van der Waals surface area (Å²) in [6.07, 6.45) is 1.76. The van der Waals surface area contributed by atoms with E-state index in [4.69, 9.17) is 9.47 Å². The first-order valence-corrected chi connectivity index (χ1v) is 7.32. The molecule has 2 heterocycles. The van der Waals surface area contributed by atoms with Crippen LogP contribution in [0.1, 0.15) is 12.1 Å². The molecule has 0 aliphatic carbocycles. The second kappa shape index (κ2) is 6.91. The number of nitrogens with zero attached hydrogens (tertiary/aromatic N) is 2. The minimum Gasteiger partial charge on any atom is -0.482 e. The maximum absolute atomic E-state index is 12.0. The molecular formula is C17H16N2O4. The van der Waals surface area contributed by atoms with E-state index in [2.05, 4.69) is 4.98 Å². The van der Waals surface area contributed by atoms with Gasteiger partial charge in [0.25, 0.3) is 5.91 Å². The molecule has 0 fully saturated rings. The van der Waals surface area contributed by atoms with Crippen molar-refractivity contribution >= 4 is 17.6 Å². The van der Waals surface area contributed by atoms with Crippen LogP contribution in [-0.2, 0) is 20.9 Å². The topological polar surface area (TPSA) is 68.7 Å². The Morgan fingerprint density at radius 3 is 2.87 bits per heavy atom. The molecule has 1 aromatic heterocycles. The summed E-state index contributed by atoms with van der Waals surface area (Å²) in [5.41, 5.74) is 1.37. The predicted octanol–water partition coefficient (Wildman–Crippen LogP) is 1.94. The van der Waals surface area contributed by atoms with Crippen molar-refractivity contribution in [1.29, 1.82) is 0 Å². The van der Waals surface area contributed by atoms with Gasteiger partial charge in [0.2, 0.25) is 0 Å². The van der Waals surface area contributed by atoms with Crippen molar-refractivity contribution in [2.75, 3.05) is 18.1 Å². The quantitative estimate of drug-likeness (QED) is 0.789. The average Bonchev–Trinajstić information content (AvgIpc) is 2.60. The summed E-state index contributed by atoms with van der Waals surface area (Å²) in [5.74, 6) is 0.114. The highest BCUT2D eigenvalue weighted by Crippen LogP contribution is 2.31. The molecule has 0 saturated carbocycles. The summed E-state index contributed by atoms with van der Waals surface area (Å²) in [4.78, 5) is 29.5. The molecule has 0 saturated heterocycles. The Morgan fingerprint density at radius 2 is 2.04 bits per heavy atom. The molecular weight excluding hydrogens is 296 g/mol. The molecule has 0 spiro atoms. The van der Waals surface area contributed by atoms with Gasteiger partial charge in [0.1, 0.15) is 12.4 Å². The van der Waals surface area contributed by atoms with E-state index in [1.807, 2.05) is 18.2 Å². The van der Waals surface area contributed by atoms with Crippen LogP contribution in [0, 0.1) is 0 Å². The number of hydrogen-bond acceptors (Lipinski definition) is 5.